The number of hydrogen-bond donors (Lipinski definition) is 0. The standard InChI is InChI=1S/C18H18F3NO3S2/c19-18(20,21)25-15-8-4-5-9-17(15)27(23,24)22-11-10-16(26-13-12-22)14-6-2-1-3-7-14/h1-9,16H,10-13H2/t16-/m1/s1. The van der Waals surface area contributed by atoms with E-state index in [1.807, 2.05) is 30.3 Å². The van der Waals surface area contributed by atoms with Gasteiger partial charge in [0.25, 0.3) is 0 Å². The molecule has 0 aromatic heterocycles. The molecule has 0 bridgehead atoms. The molecule has 0 unspecified atom stereocenters. The highest BCUT2D eigenvalue weighted by molar-refractivity contribution is 7.99. The van der Waals surface area contributed by atoms with Gasteiger partial charge < -0.3 is 4.74 Å². The van der Waals surface area contributed by atoms with Crippen LogP contribution in [0.5, 0.6) is 5.75 Å². The number of halogens is 3. The van der Waals surface area contributed by atoms with Crippen LogP contribution in [0.25, 0.3) is 0 Å². The third kappa shape index (κ3) is 4.97. The molecule has 146 valence electrons. The van der Waals surface area contributed by atoms with Crippen LogP contribution in [0.3, 0.4) is 0 Å². The van der Waals surface area contributed by atoms with E-state index in [0.717, 1.165) is 17.7 Å². The van der Waals surface area contributed by atoms with Crippen molar-refractivity contribution < 1.29 is 26.3 Å². The predicted molar refractivity (Wildman–Crippen MR) is 98.1 cm³/mol. The molecule has 27 heavy (non-hydrogen) atoms. The van der Waals surface area contributed by atoms with E-state index in [2.05, 4.69) is 4.74 Å². The molecule has 1 saturated heterocycles. The van der Waals surface area contributed by atoms with Crippen LogP contribution in [0.1, 0.15) is 17.2 Å². The van der Waals surface area contributed by atoms with E-state index in [1.54, 1.807) is 11.8 Å². The largest absolute Gasteiger partial charge is 0.573 e. The number of thioether (sulfide) groups is 1. The van der Waals surface area contributed by atoms with Gasteiger partial charge >= 0.3 is 6.36 Å². The van der Waals surface area contributed by atoms with Crippen LogP contribution >= 0.6 is 11.8 Å². The molecule has 3 rings (SSSR count). The molecule has 1 heterocycles. The van der Waals surface area contributed by atoms with Crippen molar-refractivity contribution >= 4 is 21.8 Å². The smallest absolute Gasteiger partial charge is 0.404 e. The summed E-state index contributed by atoms with van der Waals surface area (Å²) in [6, 6.07) is 14.6. The average molecular weight is 417 g/mol. The zero-order chi connectivity index (χ0) is 19.5. The zero-order valence-electron chi connectivity index (χ0n) is 14.2. The molecule has 0 aliphatic carbocycles. The molecule has 1 atom stereocenters. The lowest BCUT2D eigenvalue weighted by atomic mass is 10.1. The normalized spacial score (nSPS) is 19.4. The SMILES string of the molecule is O=S(=O)(c1ccccc1OC(F)(F)F)N1CCS[C@@H](c2ccccc2)CC1. The van der Waals surface area contributed by atoms with Crippen molar-refractivity contribution in [3.8, 4) is 5.75 Å². The lowest BCUT2D eigenvalue weighted by Crippen LogP contribution is -2.33. The summed E-state index contributed by atoms with van der Waals surface area (Å²) in [5, 5.41) is 0.146. The van der Waals surface area contributed by atoms with E-state index in [4.69, 9.17) is 0 Å². The Morgan fingerprint density at radius 1 is 1.00 bits per heavy atom. The van der Waals surface area contributed by atoms with Crippen LogP contribution in [0.15, 0.2) is 59.5 Å². The molecular formula is C18H18F3NO3S2. The number of para-hydroxylation sites is 1. The van der Waals surface area contributed by atoms with Gasteiger partial charge in [0.15, 0.2) is 0 Å². The maximum atomic E-state index is 13.0. The van der Waals surface area contributed by atoms with Gasteiger partial charge in [0.05, 0.1) is 0 Å². The molecule has 0 saturated carbocycles. The maximum Gasteiger partial charge on any atom is 0.573 e. The Labute approximate surface area is 160 Å². The molecular weight excluding hydrogens is 399 g/mol. The van der Waals surface area contributed by atoms with Crippen molar-refractivity contribution in [2.24, 2.45) is 0 Å². The van der Waals surface area contributed by atoms with Crippen LogP contribution in [-0.2, 0) is 10.0 Å². The lowest BCUT2D eigenvalue weighted by Gasteiger charge is -2.22. The van der Waals surface area contributed by atoms with Crippen molar-refractivity contribution in [1.82, 2.24) is 4.31 Å². The first-order chi connectivity index (χ1) is 12.8. The summed E-state index contributed by atoms with van der Waals surface area (Å²) in [4.78, 5) is -0.467. The number of alkyl halides is 3. The summed E-state index contributed by atoms with van der Waals surface area (Å²) in [6.45, 7) is 0.464. The van der Waals surface area contributed by atoms with E-state index >= 15 is 0 Å². The fourth-order valence-electron chi connectivity index (χ4n) is 2.94. The third-order valence-corrected chi connectivity index (χ3v) is 7.43. The molecule has 0 amide bonds. The van der Waals surface area contributed by atoms with E-state index in [1.165, 1.54) is 16.4 Å². The Bertz CT molecular complexity index is 873. The first-order valence-electron chi connectivity index (χ1n) is 8.29. The van der Waals surface area contributed by atoms with Crippen LogP contribution in [0, 0.1) is 0 Å². The Balaban J connectivity index is 1.82. The van der Waals surface area contributed by atoms with E-state index in [0.29, 0.717) is 12.2 Å². The number of benzene rings is 2. The van der Waals surface area contributed by atoms with Gasteiger partial charge in [-0.05, 0) is 24.1 Å². The van der Waals surface area contributed by atoms with Gasteiger partial charge in [0.2, 0.25) is 10.0 Å². The minimum atomic E-state index is -4.96. The molecule has 2 aromatic rings. The van der Waals surface area contributed by atoms with Gasteiger partial charge in [-0.3, -0.25) is 0 Å². The van der Waals surface area contributed by atoms with Gasteiger partial charge in [-0.25, -0.2) is 8.42 Å². The molecule has 1 fully saturated rings. The summed E-state index contributed by atoms with van der Waals surface area (Å²) in [7, 11) is -4.10. The predicted octanol–water partition coefficient (Wildman–Crippen LogP) is 4.45. The number of rotatable bonds is 4. The lowest BCUT2D eigenvalue weighted by molar-refractivity contribution is -0.275. The summed E-state index contributed by atoms with van der Waals surface area (Å²) in [5.74, 6) is -0.150. The fourth-order valence-corrected chi connectivity index (χ4v) is 5.85. The van der Waals surface area contributed by atoms with E-state index in [-0.39, 0.29) is 18.3 Å². The monoisotopic (exact) mass is 417 g/mol. The second kappa shape index (κ2) is 8.12. The summed E-state index contributed by atoms with van der Waals surface area (Å²) < 4.78 is 68.9. The Hall–Kier alpha value is -1.71. The van der Waals surface area contributed by atoms with Crippen molar-refractivity contribution in [2.75, 3.05) is 18.8 Å². The van der Waals surface area contributed by atoms with Crippen LogP contribution in [-0.4, -0.2) is 37.9 Å². The summed E-state index contributed by atoms with van der Waals surface area (Å²) in [5.41, 5.74) is 1.11. The molecule has 0 N–H and O–H groups in total. The van der Waals surface area contributed by atoms with Crippen molar-refractivity contribution in [1.29, 1.82) is 0 Å². The third-order valence-electron chi connectivity index (χ3n) is 4.16. The van der Waals surface area contributed by atoms with Crippen LogP contribution in [0.4, 0.5) is 13.2 Å². The van der Waals surface area contributed by atoms with Crippen LogP contribution < -0.4 is 4.74 Å². The Morgan fingerprint density at radius 3 is 2.37 bits per heavy atom. The Kier molecular flexibility index (Phi) is 6.02. The minimum absolute atomic E-state index is 0.146. The maximum absolute atomic E-state index is 13.0. The second-order valence-corrected chi connectivity index (χ2v) is 9.17. The average Bonchev–Trinajstić information content (AvgIpc) is 2.88. The highest BCUT2D eigenvalue weighted by Gasteiger charge is 2.36. The first-order valence-corrected chi connectivity index (χ1v) is 10.8. The summed E-state index contributed by atoms with van der Waals surface area (Å²) >= 11 is 1.65. The van der Waals surface area contributed by atoms with Crippen molar-refractivity contribution in [3.63, 3.8) is 0 Å². The fraction of sp³-hybridized carbons (Fsp3) is 0.333. The van der Waals surface area contributed by atoms with Gasteiger partial charge in [0, 0.05) is 24.1 Å². The highest BCUT2D eigenvalue weighted by Crippen LogP contribution is 2.37. The molecule has 4 nitrogen and oxygen atoms in total. The van der Waals surface area contributed by atoms with Crippen molar-refractivity contribution in [3.05, 3.63) is 60.2 Å². The molecule has 9 heteroatoms. The summed E-state index contributed by atoms with van der Waals surface area (Å²) in [6.07, 6.45) is -4.38. The zero-order valence-corrected chi connectivity index (χ0v) is 15.9. The number of sulfonamides is 1. The molecule has 0 radical (unpaired) electrons. The minimum Gasteiger partial charge on any atom is -0.404 e. The van der Waals surface area contributed by atoms with E-state index < -0.39 is 27.0 Å². The number of hydrogen-bond acceptors (Lipinski definition) is 4. The van der Waals surface area contributed by atoms with E-state index in [9.17, 15) is 21.6 Å². The van der Waals surface area contributed by atoms with Gasteiger partial charge in [-0.1, -0.05) is 42.5 Å². The molecule has 2 aromatic carbocycles. The Morgan fingerprint density at radius 2 is 1.67 bits per heavy atom. The van der Waals surface area contributed by atoms with Crippen LogP contribution in [0.2, 0.25) is 0 Å². The molecule has 1 aliphatic rings. The first kappa shape index (κ1) is 20.0. The number of ether oxygens (including phenoxy) is 1. The van der Waals surface area contributed by atoms with Gasteiger partial charge in [0.1, 0.15) is 10.6 Å². The van der Waals surface area contributed by atoms with Gasteiger partial charge in [-0.2, -0.15) is 16.1 Å². The molecule has 0 spiro atoms. The quantitative estimate of drug-likeness (QED) is 0.737. The highest BCUT2D eigenvalue weighted by atomic mass is 32.2. The number of nitrogens with zero attached hydrogens (tertiary/aromatic N) is 1. The van der Waals surface area contributed by atoms with Gasteiger partial charge in [-0.15, -0.1) is 13.2 Å². The van der Waals surface area contributed by atoms with Crippen molar-refractivity contribution in [2.45, 2.75) is 22.9 Å². The topological polar surface area (TPSA) is 46.6 Å². The second-order valence-electron chi connectivity index (χ2n) is 5.96. The molecule has 1 aliphatic heterocycles.